The first-order valence-corrected chi connectivity index (χ1v) is 6.75. The van der Waals surface area contributed by atoms with Gasteiger partial charge in [0.05, 0.1) is 0 Å². The molecule has 0 aromatic rings. The van der Waals surface area contributed by atoms with E-state index in [4.69, 9.17) is 0 Å². The molecule has 0 aromatic heterocycles. The molecule has 0 heterocycles. The average molecular weight is 220 g/mol. The summed E-state index contributed by atoms with van der Waals surface area (Å²) in [6.45, 7) is 9.22. The molecule has 0 aromatic carbocycles. The fourth-order valence-corrected chi connectivity index (χ4v) is 4.56. The van der Waals surface area contributed by atoms with Crippen molar-refractivity contribution in [2.45, 2.75) is 59.8 Å². The van der Waals surface area contributed by atoms with E-state index in [9.17, 15) is 4.79 Å². The predicted molar refractivity (Wildman–Crippen MR) is 66.8 cm³/mol. The highest BCUT2D eigenvalue weighted by atomic mass is 16.1. The standard InChI is InChI=1S/C15H24O/c1-5-6-13(10-16)15-9-12(14(15,3)4)8-7-11(15)2/h11-12H,5-9H2,1-4H3. The number of rotatable bonds is 3. The second-order valence-electron chi connectivity index (χ2n) is 6.40. The van der Waals surface area contributed by atoms with Crippen molar-refractivity contribution in [3.8, 4) is 0 Å². The van der Waals surface area contributed by atoms with Gasteiger partial charge in [-0.05, 0) is 42.9 Å². The SMILES string of the molecule is CCCC(=C=O)C12CC(CCC1C)C2(C)C. The molecule has 2 bridgehead atoms. The van der Waals surface area contributed by atoms with Crippen molar-refractivity contribution in [1.82, 2.24) is 0 Å². The maximum absolute atomic E-state index is 11.3. The minimum absolute atomic E-state index is 0.188. The smallest absolute Gasteiger partial charge is 0.124 e. The van der Waals surface area contributed by atoms with Gasteiger partial charge in [-0.15, -0.1) is 0 Å². The van der Waals surface area contributed by atoms with Crippen molar-refractivity contribution < 1.29 is 4.79 Å². The molecule has 1 nitrogen and oxygen atoms in total. The van der Waals surface area contributed by atoms with Crippen LogP contribution in [0.25, 0.3) is 0 Å². The summed E-state index contributed by atoms with van der Waals surface area (Å²) in [4.78, 5) is 11.3. The zero-order valence-electron chi connectivity index (χ0n) is 11.1. The summed E-state index contributed by atoms with van der Waals surface area (Å²) in [5.41, 5.74) is 1.60. The quantitative estimate of drug-likeness (QED) is 0.657. The highest BCUT2D eigenvalue weighted by Crippen LogP contribution is 2.72. The lowest BCUT2D eigenvalue weighted by molar-refractivity contribution is -0.168. The molecule has 3 rings (SSSR count). The van der Waals surface area contributed by atoms with Gasteiger partial charge in [-0.3, -0.25) is 0 Å². The van der Waals surface area contributed by atoms with E-state index in [0.29, 0.717) is 11.3 Å². The van der Waals surface area contributed by atoms with Crippen molar-refractivity contribution >= 4 is 5.94 Å². The van der Waals surface area contributed by atoms with Gasteiger partial charge in [-0.1, -0.05) is 34.1 Å². The van der Waals surface area contributed by atoms with Gasteiger partial charge in [0, 0.05) is 11.0 Å². The summed E-state index contributed by atoms with van der Waals surface area (Å²) in [6.07, 6.45) is 5.91. The molecule has 3 saturated carbocycles. The Hall–Kier alpha value is -0.550. The monoisotopic (exact) mass is 220 g/mol. The minimum Gasteiger partial charge on any atom is -0.234 e. The number of hydrogen-bond donors (Lipinski definition) is 0. The van der Waals surface area contributed by atoms with Gasteiger partial charge in [0.2, 0.25) is 0 Å². The van der Waals surface area contributed by atoms with E-state index < -0.39 is 0 Å². The van der Waals surface area contributed by atoms with E-state index in [1.54, 1.807) is 0 Å². The third-order valence-corrected chi connectivity index (χ3v) is 5.69. The summed E-state index contributed by atoms with van der Waals surface area (Å²) < 4.78 is 0. The molecule has 0 aliphatic heterocycles. The van der Waals surface area contributed by atoms with Crippen LogP contribution in [0.2, 0.25) is 0 Å². The van der Waals surface area contributed by atoms with Crippen LogP contribution in [-0.4, -0.2) is 5.94 Å². The molecule has 0 radical (unpaired) electrons. The van der Waals surface area contributed by atoms with Gasteiger partial charge in [-0.2, -0.15) is 0 Å². The highest BCUT2D eigenvalue weighted by Gasteiger charge is 2.65. The van der Waals surface area contributed by atoms with E-state index in [2.05, 4.69) is 33.6 Å². The second kappa shape index (κ2) is 3.74. The number of allylic oxidation sites excluding steroid dienone is 1. The minimum atomic E-state index is 0.188. The van der Waals surface area contributed by atoms with Crippen molar-refractivity contribution in [3.05, 3.63) is 5.57 Å². The maximum Gasteiger partial charge on any atom is 0.124 e. The first-order chi connectivity index (χ1) is 7.50. The maximum atomic E-state index is 11.3. The van der Waals surface area contributed by atoms with Gasteiger partial charge in [0.15, 0.2) is 0 Å². The van der Waals surface area contributed by atoms with Crippen LogP contribution in [0.15, 0.2) is 5.57 Å². The second-order valence-corrected chi connectivity index (χ2v) is 6.40. The summed E-state index contributed by atoms with van der Waals surface area (Å²) in [7, 11) is 0. The van der Waals surface area contributed by atoms with Crippen LogP contribution < -0.4 is 0 Å². The molecule has 90 valence electrons. The molecule has 3 fully saturated rings. The van der Waals surface area contributed by atoms with Crippen molar-refractivity contribution in [1.29, 1.82) is 0 Å². The number of carbonyl (C=O) groups excluding carboxylic acids is 1. The molecule has 3 aliphatic carbocycles. The Morgan fingerprint density at radius 2 is 2.06 bits per heavy atom. The molecule has 16 heavy (non-hydrogen) atoms. The molecular weight excluding hydrogens is 196 g/mol. The first kappa shape index (κ1) is 11.9. The van der Waals surface area contributed by atoms with Gasteiger partial charge in [0.25, 0.3) is 0 Å². The highest BCUT2D eigenvalue weighted by molar-refractivity contribution is 5.57. The third-order valence-electron chi connectivity index (χ3n) is 5.69. The lowest BCUT2D eigenvalue weighted by Gasteiger charge is -2.69. The molecule has 0 saturated heterocycles. The van der Waals surface area contributed by atoms with Crippen molar-refractivity contribution in [2.75, 3.05) is 0 Å². The van der Waals surface area contributed by atoms with Gasteiger partial charge in [0.1, 0.15) is 5.94 Å². The van der Waals surface area contributed by atoms with E-state index in [1.807, 2.05) is 0 Å². The Labute approximate surface area is 99.3 Å². The zero-order chi connectivity index (χ0) is 12.0. The molecule has 3 atom stereocenters. The fraction of sp³-hybridized carbons (Fsp3) is 0.867. The van der Waals surface area contributed by atoms with Crippen LogP contribution >= 0.6 is 0 Å². The fourth-order valence-electron chi connectivity index (χ4n) is 4.56. The van der Waals surface area contributed by atoms with Gasteiger partial charge in [-0.25, -0.2) is 4.79 Å². The van der Waals surface area contributed by atoms with Crippen molar-refractivity contribution in [2.24, 2.45) is 22.7 Å². The number of hydrogen-bond acceptors (Lipinski definition) is 1. The lowest BCUT2D eigenvalue weighted by Crippen LogP contribution is -2.62. The normalized spacial score (nSPS) is 39.8. The lowest BCUT2D eigenvalue weighted by atomic mass is 9.35. The molecular formula is C15H24O. The zero-order valence-corrected chi connectivity index (χ0v) is 11.1. The Morgan fingerprint density at radius 1 is 1.38 bits per heavy atom. The molecule has 1 heteroatoms. The van der Waals surface area contributed by atoms with E-state index in [1.165, 1.54) is 19.3 Å². The van der Waals surface area contributed by atoms with Gasteiger partial charge < -0.3 is 0 Å². The molecule has 0 spiro atoms. The molecule has 3 aliphatic rings. The Bertz CT molecular complexity index is 335. The topological polar surface area (TPSA) is 17.1 Å². The molecule has 3 unspecified atom stereocenters. The Morgan fingerprint density at radius 3 is 2.50 bits per heavy atom. The summed E-state index contributed by atoms with van der Waals surface area (Å²) in [6, 6.07) is 0. The molecule has 0 N–H and O–H groups in total. The van der Waals surface area contributed by atoms with Crippen molar-refractivity contribution in [3.63, 3.8) is 0 Å². The van der Waals surface area contributed by atoms with Crippen LogP contribution in [0.5, 0.6) is 0 Å². The van der Waals surface area contributed by atoms with Crippen LogP contribution in [0.1, 0.15) is 59.8 Å². The average Bonchev–Trinajstić information content (AvgIpc) is 2.26. The van der Waals surface area contributed by atoms with Crippen LogP contribution in [-0.2, 0) is 4.79 Å². The van der Waals surface area contributed by atoms with Crippen LogP contribution in [0, 0.1) is 22.7 Å². The van der Waals surface area contributed by atoms with E-state index in [-0.39, 0.29) is 5.41 Å². The molecule has 0 amide bonds. The van der Waals surface area contributed by atoms with Crippen LogP contribution in [0.3, 0.4) is 0 Å². The van der Waals surface area contributed by atoms with Gasteiger partial charge >= 0.3 is 0 Å². The summed E-state index contributed by atoms with van der Waals surface area (Å²) in [5, 5.41) is 0. The number of fused-ring (bicyclic) bond motifs is 2. The van der Waals surface area contributed by atoms with Crippen LogP contribution in [0.4, 0.5) is 0 Å². The van der Waals surface area contributed by atoms with E-state index >= 15 is 0 Å². The van der Waals surface area contributed by atoms with E-state index in [0.717, 1.165) is 24.3 Å². The Balaban J connectivity index is 2.38. The largest absolute Gasteiger partial charge is 0.234 e. The Kier molecular flexibility index (Phi) is 2.78. The predicted octanol–water partition coefficient (Wildman–Crippen LogP) is 4.01. The summed E-state index contributed by atoms with van der Waals surface area (Å²) >= 11 is 0. The third kappa shape index (κ3) is 1.21. The first-order valence-electron chi connectivity index (χ1n) is 6.75. The summed E-state index contributed by atoms with van der Waals surface area (Å²) in [5.74, 6) is 3.80.